The smallest absolute Gasteiger partial charge is 0.320 e. The minimum atomic E-state index is -2.96. The third-order valence-corrected chi connectivity index (χ3v) is 7.68. The second kappa shape index (κ2) is 9.22. The molecule has 1 aromatic rings. The van der Waals surface area contributed by atoms with Crippen LogP contribution in [-0.2, 0) is 23.9 Å². The average molecular weight is 530 g/mol. The highest BCUT2D eigenvalue weighted by Gasteiger charge is 2.69. The summed E-state index contributed by atoms with van der Waals surface area (Å²) in [6.45, 7) is 1.51. The Bertz CT molecular complexity index is 1310. The van der Waals surface area contributed by atoms with Crippen LogP contribution in [0.15, 0.2) is 35.1 Å². The number of phenolic OH excluding ortho intramolecular Hbond substituents is 1. The van der Waals surface area contributed by atoms with Crippen LogP contribution in [0.1, 0.15) is 24.0 Å². The summed E-state index contributed by atoms with van der Waals surface area (Å²) in [4.78, 5) is 55.6. The SMILES string of the molecule is C[C@H]1c2cccc(O)c2C(O)=C2C(=O)[C@]3(O)C(O)=C(C(N)=O)C(=O)[C@@H](N(C)C)[C@@H]3[C@@H](OC(=O)CN(C)C)[C@@H]21. The lowest BCUT2D eigenvalue weighted by atomic mass is 9.54. The predicted molar refractivity (Wildman–Crippen MR) is 133 cm³/mol. The van der Waals surface area contributed by atoms with Crippen molar-refractivity contribution in [3.05, 3.63) is 46.2 Å². The van der Waals surface area contributed by atoms with Crippen molar-refractivity contribution in [2.24, 2.45) is 17.6 Å². The Morgan fingerprint density at radius 3 is 2.29 bits per heavy atom. The van der Waals surface area contributed by atoms with Crippen molar-refractivity contribution in [3.8, 4) is 5.75 Å². The number of esters is 1. The van der Waals surface area contributed by atoms with Gasteiger partial charge >= 0.3 is 5.97 Å². The van der Waals surface area contributed by atoms with E-state index in [1.807, 2.05) is 0 Å². The van der Waals surface area contributed by atoms with Crippen LogP contribution >= 0.6 is 0 Å². The minimum absolute atomic E-state index is 0.0466. The fourth-order valence-electron chi connectivity index (χ4n) is 6.14. The number of Topliss-reactive ketones (excluding diaryl/α,β-unsaturated/α-hetero) is 2. The summed E-state index contributed by atoms with van der Waals surface area (Å²) in [5.74, 6) is -9.83. The number of rotatable bonds is 5. The molecule has 0 bridgehead atoms. The van der Waals surface area contributed by atoms with Crippen LogP contribution in [0.4, 0.5) is 0 Å². The number of ether oxygens (including phenoxy) is 1. The fraction of sp³-hybridized carbons (Fsp3) is 0.462. The van der Waals surface area contributed by atoms with E-state index in [4.69, 9.17) is 10.5 Å². The van der Waals surface area contributed by atoms with Gasteiger partial charge in [0.1, 0.15) is 28.9 Å². The molecule has 6 N–H and O–H groups in total. The second-order valence-corrected chi connectivity index (χ2v) is 10.5. The first-order chi connectivity index (χ1) is 17.7. The van der Waals surface area contributed by atoms with Crippen molar-refractivity contribution in [1.82, 2.24) is 9.80 Å². The number of likely N-dealkylation sites (N-methyl/N-ethyl adjacent to an activating group) is 2. The number of nitrogens with zero attached hydrogens (tertiary/aromatic N) is 2. The Balaban J connectivity index is 2.08. The van der Waals surface area contributed by atoms with Gasteiger partial charge in [0.2, 0.25) is 5.78 Å². The molecule has 1 amide bonds. The molecule has 0 spiro atoms. The number of phenols is 1. The number of amides is 1. The highest BCUT2D eigenvalue weighted by Crippen LogP contribution is 2.56. The molecule has 12 heteroatoms. The maximum absolute atomic E-state index is 14.1. The Morgan fingerprint density at radius 2 is 1.74 bits per heavy atom. The molecule has 38 heavy (non-hydrogen) atoms. The molecule has 0 radical (unpaired) electrons. The van der Waals surface area contributed by atoms with Gasteiger partial charge in [-0.15, -0.1) is 0 Å². The summed E-state index contributed by atoms with van der Waals surface area (Å²) in [6.07, 6.45) is -1.43. The molecule has 0 aliphatic heterocycles. The molecule has 12 nitrogen and oxygen atoms in total. The number of carbonyl (C=O) groups excluding carboxylic acids is 4. The highest BCUT2D eigenvalue weighted by molar-refractivity contribution is 6.24. The van der Waals surface area contributed by atoms with E-state index in [0.717, 1.165) is 0 Å². The molecule has 0 unspecified atom stereocenters. The van der Waals surface area contributed by atoms with E-state index in [9.17, 15) is 39.6 Å². The minimum Gasteiger partial charge on any atom is -0.508 e. The predicted octanol–water partition coefficient (Wildman–Crippen LogP) is -0.392. The highest BCUT2D eigenvalue weighted by atomic mass is 16.5. The Labute approximate surface area is 218 Å². The molecule has 3 aliphatic carbocycles. The number of nitrogens with two attached hydrogens (primary N) is 1. The molecule has 6 atom stereocenters. The Morgan fingerprint density at radius 1 is 1.11 bits per heavy atom. The lowest BCUT2D eigenvalue weighted by molar-refractivity contribution is -0.185. The van der Waals surface area contributed by atoms with Crippen LogP contribution in [0.5, 0.6) is 5.75 Å². The van der Waals surface area contributed by atoms with Gasteiger partial charge in [0.15, 0.2) is 11.4 Å². The molecule has 0 saturated heterocycles. The number of aliphatic hydroxyl groups excluding tert-OH is 2. The van der Waals surface area contributed by atoms with Crippen LogP contribution in [0.3, 0.4) is 0 Å². The van der Waals surface area contributed by atoms with Crippen molar-refractivity contribution in [2.75, 3.05) is 34.7 Å². The number of benzene rings is 1. The largest absolute Gasteiger partial charge is 0.508 e. The second-order valence-electron chi connectivity index (χ2n) is 10.5. The van der Waals surface area contributed by atoms with Gasteiger partial charge < -0.3 is 30.9 Å². The molecular weight excluding hydrogens is 498 g/mol. The van der Waals surface area contributed by atoms with Crippen LogP contribution in [0.2, 0.25) is 0 Å². The van der Waals surface area contributed by atoms with Gasteiger partial charge in [0.05, 0.1) is 24.1 Å². The monoisotopic (exact) mass is 529 g/mol. The topological polar surface area (TPSA) is 191 Å². The van der Waals surface area contributed by atoms with E-state index in [-0.39, 0.29) is 17.9 Å². The zero-order chi connectivity index (χ0) is 28.4. The third-order valence-electron chi connectivity index (χ3n) is 7.68. The number of ketones is 2. The zero-order valence-electron chi connectivity index (χ0n) is 21.6. The van der Waals surface area contributed by atoms with Gasteiger partial charge in [0, 0.05) is 11.5 Å². The van der Waals surface area contributed by atoms with Crippen molar-refractivity contribution in [3.63, 3.8) is 0 Å². The van der Waals surface area contributed by atoms with Gasteiger partial charge in [-0.25, -0.2) is 0 Å². The number of hydrogen-bond acceptors (Lipinski definition) is 11. The van der Waals surface area contributed by atoms with E-state index in [0.29, 0.717) is 5.56 Å². The fourth-order valence-corrected chi connectivity index (χ4v) is 6.14. The summed E-state index contributed by atoms with van der Waals surface area (Å²) < 4.78 is 5.86. The molecule has 0 heterocycles. The number of carbonyl (C=O) groups is 4. The first kappa shape index (κ1) is 27.3. The molecular formula is C26H31N3O9. The lowest BCUT2D eigenvalue weighted by Gasteiger charge is -2.54. The van der Waals surface area contributed by atoms with Gasteiger partial charge in [-0.05, 0) is 45.7 Å². The zero-order valence-corrected chi connectivity index (χ0v) is 21.6. The normalized spacial score (nSPS) is 30.8. The summed E-state index contributed by atoms with van der Waals surface area (Å²) in [7, 11) is 6.19. The van der Waals surface area contributed by atoms with Crippen molar-refractivity contribution >= 4 is 29.2 Å². The molecule has 3 aliphatic rings. The van der Waals surface area contributed by atoms with E-state index < -0.39 is 81.6 Å². The number of aliphatic hydroxyl groups is 3. The number of fused-ring (bicyclic) bond motifs is 3. The number of aromatic hydroxyl groups is 1. The van der Waals surface area contributed by atoms with Gasteiger partial charge in [-0.3, -0.25) is 29.0 Å². The van der Waals surface area contributed by atoms with Crippen LogP contribution in [-0.4, -0.2) is 106 Å². The first-order valence-electron chi connectivity index (χ1n) is 12.0. The quantitative estimate of drug-likeness (QED) is 0.246. The standard InChI is InChI=1S/C26H31N3O9/c1-10-11-7-6-8-12(30)15(11)20(32)16-14(10)22(38-13(31)9-28(2)3)18-19(29(4)5)21(33)17(25(27)36)24(35)26(18,37)23(16)34/h6-8,10,14,18-19,22,30,32,35,37H,9H2,1-5H3,(H2,27,36)/t10-,14+,18+,19-,22-,26-/m0/s1. The van der Waals surface area contributed by atoms with Gasteiger partial charge in [0.25, 0.3) is 5.91 Å². The molecule has 0 aromatic heterocycles. The summed E-state index contributed by atoms with van der Waals surface area (Å²) in [5.41, 5.74) is 1.44. The maximum Gasteiger partial charge on any atom is 0.320 e. The number of hydrogen-bond donors (Lipinski definition) is 5. The van der Waals surface area contributed by atoms with E-state index >= 15 is 0 Å². The van der Waals surface area contributed by atoms with Gasteiger partial charge in [-0.1, -0.05) is 19.1 Å². The maximum atomic E-state index is 14.1. The summed E-state index contributed by atoms with van der Waals surface area (Å²) in [6, 6.07) is 3.08. The van der Waals surface area contributed by atoms with Crippen molar-refractivity contribution in [1.29, 1.82) is 0 Å². The van der Waals surface area contributed by atoms with Crippen LogP contribution < -0.4 is 5.73 Å². The first-order valence-corrected chi connectivity index (χ1v) is 12.0. The Kier molecular flexibility index (Phi) is 6.63. The van der Waals surface area contributed by atoms with E-state index in [1.165, 1.54) is 30.0 Å². The van der Waals surface area contributed by atoms with E-state index in [2.05, 4.69) is 0 Å². The molecule has 1 aromatic carbocycles. The van der Waals surface area contributed by atoms with Crippen molar-refractivity contribution in [2.45, 2.75) is 30.6 Å². The summed E-state index contributed by atoms with van der Waals surface area (Å²) >= 11 is 0. The average Bonchev–Trinajstić information content (AvgIpc) is 2.80. The van der Waals surface area contributed by atoms with E-state index in [1.54, 1.807) is 33.2 Å². The molecule has 1 saturated carbocycles. The number of primary amides is 1. The molecule has 1 fully saturated rings. The van der Waals surface area contributed by atoms with Crippen LogP contribution in [0, 0.1) is 11.8 Å². The van der Waals surface area contributed by atoms with Crippen molar-refractivity contribution < 1.29 is 44.3 Å². The molecule has 204 valence electrons. The van der Waals surface area contributed by atoms with Gasteiger partial charge in [-0.2, -0.15) is 0 Å². The molecule has 4 rings (SSSR count). The summed E-state index contributed by atoms with van der Waals surface area (Å²) in [5, 5.41) is 44.8. The third kappa shape index (κ3) is 3.70. The lowest BCUT2D eigenvalue weighted by Crippen LogP contribution is -2.71. The Hall–Kier alpha value is -3.74. The van der Waals surface area contributed by atoms with Crippen LogP contribution in [0.25, 0.3) is 5.76 Å².